The van der Waals surface area contributed by atoms with Crippen molar-refractivity contribution < 1.29 is 22.8 Å². The Bertz CT molecular complexity index is 1190. The van der Waals surface area contributed by atoms with Crippen LogP contribution in [0.2, 0.25) is 0 Å². The van der Waals surface area contributed by atoms with Gasteiger partial charge in [0.05, 0.1) is 11.5 Å². The zero-order valence-electron chi connectivity index (χ0n) is 19.2. The van der Waals surface area contributed by atoms with E-state index in [1.54, 1.807) is 48.5 Å². The van der Waals surface area contributed by atoms with Crippen LogP contribution in [0.1, 0.15) is 30.4 Å². The topological polar surface area (TPSA) is 116 Å². The third kappa shape index (κ3) is 4.32. The number of amides is 4. The fourth-order valence-corrected chi connectivity index (χ4v) is 7.12. The summed E-state index contributed by atoms with van der Waals surface area (Å²) in [5.41, 5.74) is 2.31. The number of carbonyl (C=O) groups is 3. The number of hydrogen-bond donors (Lipinski definition) is 2. The highest BCUT2D eigenvalue weighted by molar-refractivity contribution is 7.91. The molecule has 5 rings (SSSR count). The normalized spacial score (nSPS) is 24.3. The largest absolute Gasteiger partial charge is 0.344 e. The van der Waals surface area contributed by atoms with Crippen LogP contribution in [0.3, 0.4) is 0 Å². The molecule has 2 aromatic rings. The van der Waals surface area contributed by atoms with Gasteiger partial charge < -0.3 is 5.32 Å². The van der Waals surface area contributed by atoms with Gasteiger partial charge in [0.1, 0.15) is 0 Å². The van der Waals surface area contributed by atoms with Gasteiger partial charge in [0, 0.05) is 12.0 Å². The minimum Gasteiger partial charge on any atom is -0.314 e. The number of nitrogens with zero attached hydrogens (tertiary/aromatic N) is 2. The third-order valence-electron chi connectivity index (χ3n) is 7.28. The van der Waals surface area contributed by atoms with Gasteiger partial charge in [-0.15, -0.1) is 0 Å². The Morgan fingerprint density at radius 1 is 0.914 bits per heavy atom. The molecule has 2 aromatic carbocycles. The number of nitrogens with one attached hydrogen (secondary N) is 2. The fourth-order valence-electron chi connectivity index (χ4n) is 5.36. The molecule has 4 amide bonds. The Balaban J connectivity index is 1.30. The molecule has 3 fully saturated rings. The van der Waals surface area contributed by atoms with Crippen molar-refractivity contribution in [3.05, 3.63) is 71.8 Å². The summed E-state index contributed by atoms with van der Waals surface area (Å²) in [6.07, 6.45) is 1.70. The molecule has 1 atom stereocenters. The van der Waals surface area contributed by atoms with Crippen molar-refractivity contribution in [2.24, 2.45) is 5.92 Å². The second-order valence-corrected chi connectivity index (χ2v) is 11.6. The maximum atomic E-state index is 13.7. The van der Waals surface area contributed by atoms with Crippen LogP contribution in [0, 0.1) is 5.92 Å². The summed E-state index contributed by atoms with van der Waals surface area (Å²) in [5.74, 6) is -0.929. The van der Waals surface area contributed by atoms with Crippen molar-refractivity contribution in [3.63, 3.8) is 0 Å². The number of rotatable bonds is 5. The summed E-state index contributed by atoms with van der Waals surface area (Å²) in [7, 11) is -2.97. The molecule has 0 spiro atoms. The van der Waals surface area contributed by atoms with E-state index in [0.29, 0.717) is 43.5 Å². The van der Waals surface area contributed by atoms with Crippen molar-refractivity contribution in [2.75, 3.05) is 24.6 Å². The lowest BCUT2D eigenvalue weighted by Crippen LogP contribution is -2.52. The second-order valence-electron chi connectivity index (χ2n) is 9.40. The highest BCUT2D eigenvalue weighted by Crippen LogP contribution is 2.35. The molecule has 0 aliphatic carbocycles. The maximum absolute atomic E-state index is 13.7. The molecule has 0 aromatic heterocycles. The number of imide groups is 1. The third-order valence-corrected chi connectivity index (χ3v) is 9.03. The molecular weight excluding hydrogens is 468 g/mol. The van der Waals surface area contributed by atoms with E-state index in [1.165, 1.54) is 0 Å². The first-order chi connectivity index (χ1) is 16.8. The zero-order valence-corrected chi connectivity index (χ0v) is 20.0. The lowest BCUT2D eigenvalue weighted by atomic mass is 9.83. The molecule has 2 N–H and O–H groups in total. The molecule has 184 valence electrons. The molecule has 35 heavy (non-hydrogen) atoms. The molecule has 3 saturated heterocycles. The van der Waals surface area contributed by atoms with Crippen molar-refractivity contribution >= 4 is 27.7 Å². The molecule has 3 aliphatic heterocycles. The molecule has 0 radical (unpaired) electrons. The molecule has 9 nitrogen and oxygen atoms in total. The van der Waals surface area contributed by atoms with Crippen molar-refractivity contribution in [1.82, 2.24) is 20.7 Å². The van der Waals surface area contributed by atoms with Crippen LogP contribution in [-0.2, 0) is 25.0 Å². The Morgan fingerprint density at radius 3 is 2.00 bits per heavy atom. The Kier molecular flexibility index (Phi) is 6.10. The highest BCUT2D eigenvalue weighted by Gasteiger charge is 2.54. The van der Waals surface area contributed by atoms with E-state index in [0.717, 1.165) is 5.01 Å². The quantitative estimate of drug-likeness (QED) is 0.605. The summed E-state index contributed by atoms with van der Waals surface area (Å²) in [5, 5.41) is 3.61. The SMILES string of the molecule is O=C(NN1C(=O)NC(c2ccccc2)(c2ccccc2)C1=O)C1CCN([C@@H]2CCS(=O)(=O)C2)CC1. The van der Waals surface area contributed by atoms with Crippen LogP contribution in [0.25, 0.3) is 0 Å². The monoisotopic (exact) mass is 496 g/mol. The summed E-state index contributed by atoms with van der Waals surface area (Å²) in [6, 6.07) is 17.3. The van der Waals surface area contributed by atoms with E-state index in [-0.39, 0.29) is 29.4 Å². The smallest absolute Gasteiger partial charge is 0.314 e. The number of benzene rings is 2. The van der Waals surface area contributed by atoms with Gasteiger partial charge in [-0.2, -0.15) is 5.01 Å². The summed E-state index contributed by atoms with van der Waals surface area (Å²) in [4.78, 5) is 41.9. The first-order valence-corrected chi connectivity index (χ1v) is 13.6. The Hall–Kier alpha value is -3.24. The number of carbonyl (C=O) groups excluding carboxylic acids is 3. The van der Waals surface area contributed by atoms with E-state index in [1.807, 2.05) is 12.1 Å². The summed E-state index contributed by atoms with van der Waals surface area (Å²) < 4.78 is 23.6. The van der Waals surface area contributed by atoms with Gasteiger partial charge in [0.25, 0.3) is 5.91 Å². The standard InChI is InChI=1S/C25H28N4O5S/c30-22(18-11-14-28(15-12-18)21-13-16-35(33,34)17-21)27-29-23(31)25(26-24(29)32,19-7-3-1-4-8-19)20-9-5-2-6-10-20/h1-10,18,21H,11-17H2,(H,26,32)(H,27,30)/t21-/m1/s1. The van der Waals surface area contributed by atoms with E-state index in [9.17, 15) is 22.8 Å². The molecule has 3 heterocycles. The van der Waals surface area contributed by atoms with Crippen LogP contribution < -0.4 is 10.7 Å². The minimum atomic E-state index is -2.97. The first-order valence-electron chi connectivity index (χ1n) is 11.8. The molecular formula is C25H28N4O5S. The maximum Gasteiger partial charge on any atom is 0.344 e. The van der Waals surface area contributed by atoms with E-state index < -0.39 is 27.3 Å². The number of likely N-dealkylation sites (tertiary alicyclic amines) is 1. The predicted molar refractivity (Wildman–Crippen MR) is 129 cm³/mol. The van der Waals surface area contributed by atoms with Gasteiger partial charge >= 0.3 is 6.03 Å². The van der Waals surface area contributed by atoms with E-state index in [4.69, 9.17) is 0 Å². The summed E-state index contributed by atoms with van der Waals surface area (Å²) in [6.45, 7) is 1.22. The van der Waals surface area contributed by atoms with Crippen LogP contribution in [0.15, 0.2) is 60.7 Å². The molecule has 10 heteroatoms. The lowest BCUT2D eigenvalue weighted by molar-refractivity contribution is -0.140. The number of hydrazine groups is 1. The Labute approximate surface area is 204 Å². The predicted octanol–water partition coefficient (Wildman–Crippen LogP) is 1.41. The van der Waals surface area contributed by atoms with Gasteiger partial charge in [0.15, 0.2) is 15.4 Å². The van der Waals surface area contributed by atoms with Crippen molar-refractivity contribution in [2.45, 2.75) is 30.8 Å². The first kappa shape index (κ1) is 23.5. The van der Waals surface area contributed by atoms with Gasteiger partial charge in [-0.1, -0.05) is 60.7 Å². The van der Waals surface area contributed by atoms with Crippen LogP contribution in [0.4, 0.5) is 4.79 Å². The minimum absolute atomic E-state index is 0.00677. The Morgan fingerprint density at radius 2 is 1.49 bits per heavy atom. The number of sulfone groups is 1. The number of piperidine rings is 1. The number of urea groups is 1. The summed E-state index contributed by atoms with van der Waals surface area (Å²) >= 11 is 0. The highest BCUT2D eigenvalue weighted by atomic mass is 32.2. The van der Waals surface area contributed by atoms with Crippen molar-refractivity contribution in [3.8, 4) is 0 Å². The van der Waals surface area contributed by atoms with Crippen LogP contribution in [-0.4, -0.2) is 66.8 Å². The van der Waals surface area contributed by atoms with Gasteiger partial charge in [-0.3, -0.25) is 19.9 Å². The average molecular weight is 497 g/mol. The molecule has 0 saturated carbocycles. The van der Waals surface area contributed by atoms with Gasteiger partial charge in [-0.05, 0) is 43.5 Å². The van der Waals surface area contributed by atoms with Crippen LogP contribution >= 0.6 is 0 Å². The van der Waals surface area contributed by atoms with Crippen LogP contribution in [0.5, 0.6) is 0 Å². The van der Waals surface area contributed by atoms with Gasteiger partial charge in [-0.25, -0.2) is 13.2 Å². The lowest BCUT2D eigenvalue weighted by Gasteiger charge is -2.35. The van der Waals surface area contributed by atoms with E-state index >= 15 is 0 Å². The zero-order chi connectivity index (χ0) is 24.6. The average Bonchev–Trinajstić information content (AvgIpc) is 3.37. The molecule has 0 bridgehead atoms. The fraction of sp³-hybridized carbons (Fsp3) is 0.400. The number of hydrogen-bond acceptors (Lipinski definition) is 6. The molecule has 3 aliphatic rings. The molecule has 0 unspecified atom stereocenters. The second kappa shape index (κ2) is 9.09. The van der Waals surface area contributed by atoms with Crippen molar-refractivity contribution in [1.29, 1.82) is 0 Å². The van der Waals surface area contributed by atoms with Gasteiger partial charge in [0.2, 0.25) is 5.91 Å². The van der Waals surface area contributed by atoms with E-state index in [2.05, 4.69) is 15.6 Å².